The monoisotopic (exact) mass is 236 g/mol. The molecule has 1 aliphatic rings. The average molecular weight is 237 g/mol. The standard InChI is InChI=1S/C15H21Cl/c1-12-5-4-8-14(9-12)15(11-16)10-13-6-2-3-7-13/h4-5,8-9,13,15H,2-3,6-7,10-11H2,1H3. The second kappa shape index (κ2) is 5.72. The number of rotatable bonds is 4. The molecular formula is C15H21Cl. The summed E-state index contributed by atoms with van der Waals surface area (Å²) in [5.74, 6) is 2.24. The predicted molar refractivity (Wildman–Crippen MR) is 71.2 cm³/mol. The molecule has 1 unspecified atom stereocenters. The maximum absolute atomic E-state index is 6.13. The summed E-state index contributed by atoms with van der Waals surface area (Å²) < 4.78 is 0. The Morgan fingerprint density at radius 1 is 1.31 bits per heavy atom. The van der Waals surface area contributed by atoms with Gasteiger partial charge >= 0.3 is 0 Å². The lowest BCUT2D eigenvalue weighted by Crippen LogP contribution is -2.06. The largest absolute Gasteiger partial charge is 0.126 e. The third-order valence-corrected chi connectivity index (χ3v) is 4.16. The highest BCUT2D eigenvalue weighted by atomic mass is 35.5. The zero-order chi connectivity index (χ0) is 11.4. The topological polar surface area (TPSA) is 0 Å². The van der Waals surface area contributed by atoms with Gasteiger partial charge in [-0.2, -0.15) is 0 Å². The van der Waals surface area contributed by atoms with Gasteiger partial charge in [0.15, 0.2) is 0 Å². The van der Waals surface area contributed by atoms with Gasteiger partial charge in [0.1, 0.15) is 0 Å². The summed E-state index contributed by atoms with van der Waals surface area (Å²) in [6, 6.07) is 8.83. The van der Waals surface area contributed by atoms with Crippen molar-refractivity contribution in [2.75, 3.05) is 5.88 Å². The summed E-state index contributed by atoms with van der Waals surface area (Å²) in [6.45, 7) is 2.16. The molecule has 1 heteroatoms. The van der Waals surface area contributed by atoms with E-state index in [4.69, 9.17) is 11.6 Å². The highest BCUT2D eigenvalue weighted by molar-refractivity contribution is 6.18. The smallest absolute Gasteiger partial charge is 0.0292 e. The molecule has 0 aliphatic heterocycles. The fourth-order valence-electron chi connectivity index (χ4n) is 2.86. The first-order chi connectivity index (χ1) is 7.79. The van der Waals surface area contributed by atoms with Gasteiger partial charge in [-0.25, -0.2) is 0 Å². The molecule has 0 nitrogen and oxygen atoms in total. The Bertz CT molecular complexity index is 326. The van der Waals surface area contributed by atoms with Crippen molar-refractivity contribution >= 4 is 11.6 Å². The van der Waals surface area contributed by atoms with E-state index >= 15 is 0 Å². The van der Waals surface area contributed by atoms with E-state index < -0.39 is 0 Å². The van der Waals surface area contributed by atoms with Crippen molar-refractivity contribution in [2.24, 2.45) is 5.92 Å². The fourth-order valence-corrected chi connectivity index (χ4v) is 3.16. The van der Waals surface area contributed by atoms with E-state index in [-0.39, 0.29) is 0 Å². The normalized spacial score (nSPS) is 18.9. The zero-order valence-corrected chi connectivity index (χ0v) is 10.8. The molecule has 2 rings (SSSR count). The van der Waals surface area contributed by atoms with Gasteiger partial charge in [-0.1, -0.05) is 55.5 Å². The molecule has 1 atom stereocenters. The Labute approximate surface area is 104 Å². The third-order valence-electron chi connectivity index (χ3n) is 3.79. The highest BCUT2D eigenvalue weighted by Crippen LogP contribution is 2.34. The molecule has 0 spiro atoms. The molecule has 1 fully saturated rings. The van der Waals surface area contributed by atoms with Crippen LogP contribution in [0.5, 0.6) is 0 Å². The summed E-state index contributed by atoms with van der Waals surface area (Å²) in [7, 11) is 0. The Morgan fingerprint density at radius 3 is 2.69 bits per heavy atom. The van der Waals surface area contributed by atoms with Crippen molar-refractivity contribution in [2.45, 2.75) is 44.9 Å². The number of halogens is 1. The minimum absolute atomic E-state index is 0.560. The molecule has 0 aromatic heterocycles. The molecule has 88 valence electrons. The van der Waals surface area contributed by atoms with Crippen LogP contribution in [-0.2, 0) is 0 Å². The molecule has 0 bridgehead atoms. The summed E-state index contributed by atoms with van der Waals surface area (Å²) in [6.07, 6.45) is 6.96. The zero-order valence-electron chi connectivity index (χ0n) is 10.1. The Morgan fingerprint density at radius 2 is 2.06 bits per heavy atom. The van der Waals surface area contributed by atoms with Crippen molar-refractivity contribution in [1.29, 1.82) is 0 Å². The molecule has 1 aliphatic carbocycles. The van der Waals surface area contributed by atoms with Gasteiger partial charge in [0.2, 0.25) is 0 Å². The summed E-state index contributed by atoms with van der Waals surface area (Å²) >= 11 is 6.13. The first-order valence-corrected chi connectivity index (χ1v) is 6.95. The maximum Gasteiger partial charge on any atom is 0.0292 e. The van der Waals surface area contributed by atoms with Crippen LogP contribution in [0.3, 0.4) is 0 Å². The lowest BCUT2D eigenvalue weighted by molar-refractivity contribution is 0.462. The molecule has 0 saturated heterocycles. The summed E-state index contributed by atoms with van der Waals surface area (Å²) in [5, 5.41) is 0. The summed E-state index contributed by atoms with van der Waals surface area (Å²) in [5.41, 5.74) is 2.78. The number of alkyl halides is 1. The summed E-state index contributed by atoms with van der Waals surface area (Å²) in [4.78, 5) is 0. The number of aryl methyl sites for hydroxylation is 1. The van der Waals surface area contributed by atoms with Gasteiger partial charge in [0, 0.05) is 5.88 Å². The quantitative estimate of drug-likeness (QED) is 0.653. The lowest BCUT2D eigenvalue weighted by Gasteiger charge is -2.19. The van der Waals surface area contributed by atoms with Crippen LogP contribution in [0.1, 0.15) is 49.1 Å². The first-order valence-electron chi connectivity index (χ1n) is 6.42. The number of benzene rings is 1. The molecule has 1 aromatic rings. The average Bonchev–Trinajstić information content (AvgIpc) is 2.78. The Hall–Kier alpha value is -0.490. The molecule has 16 heavy (non-hydrogen) atoms. The fraction of sp³-hybridized carbons (Fsp3) is 0.600. The molecule has 1 saturated carbocycles. The Balaban J connectivity index is 2.03. The maximum atomic E-state index is 6.13. The van der Waals surface area contributed by atoms with Crippen molar-refractivity contribution in [3.8, 4) is 0 Å². The minimum Gasteiger partial charge on any atom is -0.126 e. The van der Waals surface area contributed by atoms with Crippen LogP contribution >= 0.6 is 11.6 Å². The van der Waals surface area contributed by atoms with E-state index in [0.717, 1.165) is 11.8 Å². The Kier molecular flexibility index (Phi) is 4.29. The van der Waals surface area contributed by atoms with E-state index in [1.54, 1.807) is 0 Å². The van der Waals surface area contributed by atoms with Crippen molar-refractivity contribution in [1.82, 2.24) is 0 Å². The molecular weight excluding hydrogens is 216 g/mol. The van der Waals surface area contributed by atoms with Gasteiger partial charge in [0.05, 0.1) is 0 Å². The van der Waals surface area contributed by atoms with Crippen molar-refractivity contribution < 1.29 is 0 Å². The third kappa shape index (κ3) is 3.01. The van der Waals surface area contributed by atoms with E-state index in [0.29, 0.717) is 5.92 Å². The van der Waals surface area contributed by atoms with Crippen LogP contribution in [-0.4, -0.2) is 5.88 Å². The van der Waals surface area contributed by atoms with E-state index in [1.807, 2.05) is 0 Å². The van der Waals surface area contributed by atoms with Crippen LogP contribution in [0, 0.1) is 12.8 Å². The van der Waals surface area contributed by atoms with Gasteiger partial charge in [-0.05, 0) is 30.7 Å². The van der Waals surface area contributed by atoms with Crippen LogP contribution < -0.4 is 0 Å². The van der Waals surface area contributed by atoms with Gasteiger partial charge < -0.3 is 0 Å². The molecule has 1 aromatic carbocycles. The number of hydrogen-bond donors (Lipinski definition) is 0. The SMILES string of the molecule is Cc1cccc(C(CCl)CC2CCCC2)c1. The second-order valence-electron chi connectivity index (χ2n) is 5.15. The van der Waals surface area contributed by atoms with Gasteiger partial charge in [-0.15, -0.1) is 11.6 Å². The van der Waals surface area contributed by atoms with Crippen molar-refractivity contribution in [3.05, 3.63) is 35.4 Å². The highest BCUT2D eigenvalue weighted by Gasteiger charge is 2.20. The van der Waals surface area contributed by atoms with Crippen LogP contribution in [0.15, 0.2) is 24.3 Å². The second-order valence-corrected chi connectivity index (χ2v) is 5.46. The van der Waals surface area contributed by atoms with Gasteiger partial charge in [0.25, 0.3) is 0 Å². The van der Waals surface area contributed by atoms with Crippen molar-refractivity contribution in [3.63, 3.8) is 0 Å². The lowest BCUT2D eigenvalue weighted by atomic mass is 9.88. The first kappa shape index (κ1) is 12.0. The number of hydrogen-bond acceptors (Lipinski definition) is 0. The molecule has 0 radical (unpaired) electrons. The van der Waals surface area contributed by atoms with Crippen LogP contribution in [0.4, 0.5) is 0 Å². The predicted octanol–water partition coefficient (Wildman–Crippen LogP) is 4.90. The molecule has 0 amide bonds. The van der Waals surface area contributed by atoms with E-state index in [9.17, 15) is 0 Å². The van der Waals surface area contributed by atoms with Crippen LogP contribution in [0.25, 0.3) is 0 Å². The van der Waals surface area contributed by atoms with E-state index in [2.05, 4.69) is 31.2 Å². The van der Waals surface area contributed by atoms with Crippen LogP contribution in [0.2, 0.25) is 0 Å². The van der Waals surface area contributed by atoms with Gasteiger partial charge in [-0.3, -0.25) is 0 Å². The minimum atomic E-state index is 0.560. The molecule has 0 heterocycles. The van der Waals surface area contributed by atoms with E-state index in [1.165, 1.54) is 43.2 Å². The molecule has 0 N–H and O–H groups in total.